The molecule has 4 heteroatoms. The van der Waals surface area contributed by atoms with Crippen molar-refractivity contribution in [2.45, 2.75) is 6.42 Å². The molecule has 198 valence electrons. The normalized spacial score (nSPS) is 11.5. The first-order chi connectivity index (χ1) is 20.2. The molecule has 6 aromatic rings. The highest BCUT2D eigenvalue weighted by Crippen LogP contribution is 2.50. The molecule has 0 atom stereocenters. The van der Waals surface area contributed by atoms with Crippen LogP contribution in [0.25, 0.3) is 33.4 Å². The molecule has 0 bridgehead atoms. The third-order valence-electron chi connectivity index (χ3n) is 7.49. The standard InChI is InChI=1S/C37H26O4/c38-31-15-5-9-19-35(31)40-33-17-7-3-13-27(33)28-22-21-26-25-12-2-1-11-24(25)23-30(26)37(28)29-14-4-8-18-34(29)41-36-20-10-6-16-32(36)39/h1-22,38-39H,23H2. The molecule has 0 fully saturated rings. The molecule has 0 unspecified atom stereocenters. The summed E-state index contributed by atoms with van der Waals surface area (Å²) in [6.07, 6.45) is 0.780. The zero-order chi connectivity index (χ0) is 27.8. The highest BCUT2D eigenvalue weighted by molar-refractivity contribution is 5.96. The Morgan fingerprint density at radius 2 is 0.854 bits per heavy atom. The van der Waals surface area contributed by atoms with Gasteiger partial charge < -0.3 is 19.7 Å². The fraction of sp³-hybridized carbons (Fsp3) is 0.0270. The third kappa shape index (κ3) is 4.46. The molecule has 0 aliphatic heterocycles. The van der Waals surface area contributed by atoms with Crippen LogP contribution in [0.5, 0.6) is 34.5 Å². The van der Waals surface area contributed by atoms with Gasteiger partial charge in [0.1, 0.15) is 11.5 Å². The first kappa shape index (κ1) is 24.6. The van der Waals surface area contributed by atoms with E-state index in [4.69, 9.17) is 9.47 Å². The molecule has 4 nitrogen and oxygen atoms in total. The summed E-state index contributed by atoms with van der Waals surface area (Å²) in [5, 5.41) is 20.9. The van der Waals surface area contributed by atoms with Gasteiger partial charge in [0, 0.05) is 11.1 Å². The van der Waals surface area contributed by atoms with E-state index in [1.165, 1.54) is 22.3 Å². The van der Waals surface area contributed by atoms with Gasteiger partial charge in [-0.1, -0.05) is 97.1 Å². The Morgan fingerprint density at radius 3 is 1.49 bits per heavy atom. The molecule has 0 aromatic heterocycles. The second kappa shape index (κ2) is 10.2. The number of ether oxygens (including phenoxy) is 2. The van der Waals surface area contributed by atoms with E-state index in [0.717, 1.165) is 28.7 Å². The predicted octanol–water partition coefficient (Wildman–Crippen LogP) is 9.59. The van der Waals surface area contributed by atoms with Crippen LogP contribution in [0, 0.1) is 0 Å². The minimum absolute atomic E-state index is 0.0772. The Morgan fingerprint density at radius 1 is 0.390 bits per heavy atom. The lowest BCUT2D eigenvalue weighted by molar-refractivity contribution is 0.412. The minimum Gasteiger partial charge on any atom is -0.504 e. The van der Waals surface area contributed by atoms with Gasteiger partial charge in [-0.25, -0.2) is 0 Å². The smallest absolute Gasteiger partial charge is 0.169 e. The second-order valence-corrected chi connectivity index (χ2v) is 9.98. The van der Waals surface area contributed by atoms with E-state index in [1.54, 1.807) is 36.4 Å². The lowest BCUT2D eigenvalue weighted by atomic mass is 9.87. The summed E-state index contributed by atoms with van der Waals surface area (Å²) in [6, 6.07) is 42.6. The second-order valence-electron chi connectivity index (χ2n) is 9.98. The lowest BCUT2D eigenvalue weighted by Crippen LogP contribution is -1.97. The van der Waals surface area contributed by atoms with Crippen molar-refractivity contribution >= 4 is 0 Å². The van der Waals surface area contributed by atoms with Crippen LogP contribution in [-0.2, 0) is 6.42 Å². The van der Waals surface area contributed by atoms with Crippen molar-refractivity contribution in [3.63, 3.8) is 0 Å². The number of phenols is 2. The Kier molecular flexibility index (Phi) is 6.14. The summed E-state index contributed by atoms with van der Waals surface area (Å²) in [4.78, 5) is 0. The molecule has 2 N–H and O–H groups in total. The minimum atomic E-state index is 0.0772. The number of hydrogen-bond acceptors (Lipinski definition) is 4. The molecular weight excluding hydrogens is 508 g/mol. The van der Waals surface area contributed by atoms with Gasteiger partial charge in [-0.3, -0.25) is 0 Å². The molecule has 6 aromatic carbocycles. The van der Waals surface area contributed by atoms with Crippen LogP contribution in [0.4, 0.5) is 0 Å². The van der Waals surface area contributed by atoms with E-state index < -0.39 is 0 Å². The predicted molar refractivity (Wildman–Crippen MR) is 162 cm³/mol. The highest BCUT2D eigenvalue weighted by Gasteiger charge is 2.27. The molecule has 0 saturated heterocycles. The van der Waals surface area contributed by atoms with E-state index in [2.05, 4.69) is 42.5 Å². The molecule has 0 saturated carbocycles. The van der Waals surface area contributed by atoms with Gasteiger partial charge in [0.2, 0.25) is 0 Å². The summed E-state index contributed by atoms with van der Waals surface area (Å²) in [5.74, 6) is 2.20. The fourth-order valence-corrected chi connectivity index (χ4v) is 5.61. The first-order valence-electron chi connectivity index (χ1n) is 13.5. The van der Waals surface area contributed by atoms with Crippen LogP contribution >= 0.6 is 0 Å². The Balaban J connectivity index is 1.45. The van der Waals surface area contributed by atoms with Crippen LogP contribution in [0.3, 0.4) is 0 Å². The van der Waals surface area contributed by atoms with Crippen molar-refractivity contribution in [2.24, 2.45) is 0 Å². The lowest BCUT2D eigenvalue weighted by Gasteiger charge is -2.20. The molecule has 1 aliphatic carbocycles. The van der Waals surface area contributed by atoms with Crippen LogP contribution < -0.4 is 9.47 Å². The van der Waals surface area contributed by atoms with Gasteiger partial charge in [0.15, 0.2) is 23.0 Å². The maximum absolute atomic E-state index is 10.5. The average molecular weight is 535 g/mol. The van der Waals surface area contributed by atoms with E-state index in [-0.39, 0.29) is 11.5 Å². The zero-order valence-electron chi connectivity index (χ0n) is 22.1. The Bertz CT molecular complexity index is 1910. The largest absolute Gasteiger partial charge is 0.504 e. The number of benzene rings is 6. The van der Waals surface area contributed by atoms with Crippen LogP contribution in [-0.4, -0.2) is 10.2 Å². The summed E-state index contributed by atoms with van der Waals surface area (Å²) in [7, 11) is 0. The highest BCUT2D eigenvalue weighted by atomic mass is 16.5. The third-order valence-corrected chi connectivity index (χ3v) is 7.49. The van der Waals surface area contributed by atoms with Gasteiger partial charge in [0.25, 0.3) is 0 Å². The molecule has 0 radical (unpaired) electrons. The van der Waals surface area contributed by atoms with E-state index >= 15 is 0 Å². The number of aromatic hydroxyl groups is 2. The van der Waals surface area contributed by atoms with Crippen molar-refractivity contribution in [3.8, 4) is 67.9 Å². The maximum Gasteiger partial charge on any atom is 0.169 e. The molecule has 0 amide bonds. The molecule has 41 heavy (non-hydrogen) atoms. The monoisotopic (exact) mass is 534 g/mol. The number of rotatable bonds is 6. The number of hydrogen-bond donors (Lipinski definition) is 2. The maximum atomic E-state index is 10.5. The van der Waals surface area contributed by atoms with Gasteiger partial charge in [0.05, 0.1) is 0 Å². The molecule has 0 spiro atoms. The first-order valence-corrected chi connectivity index (χ1v) is 13.5. The zero-order valence-corrected chi connectivity index (χ0v) is 22.1. The molecule has 0 heterocycles. The van der Waals surface area contributed by atoms with Gasteiger partial charge in [-0.15, -0.1) is 0 Å². The number of fused-ring (bicyclic) bond motifs is 3. The summed E-state index contributed by atoms with van der Waals surface area (Å²) in [5.41, 5.74) is 8.72. The van der Waals surface area contributed by atoms with Crippen LogP contribution in [0.2, 0.25) is 0 Å². The quantitative estimate of drug-likeness (QED) is 0.223. The molecule has 7 rings (SSSR count). The summed E-state index contributed by atoms with van der Waals surface area (Å²) in [6.45, 7) is 0. The van der Waals surface area contributed by atoms with Gasteiger partial charge in [-0.05, 0) is 76.2 Å². The van der Waals surface area contributed by atoms with Crippen LogP contribution in [0.15, 0.2) is 133 Å². The van der Waals surface area contributed by atoms with E-state index in [9.17, 15) is 10.2 Å². The number of phenolic OH excluding ortho intramolecular Hbond substituents is 2. The molecule has 1 aliphatic rings. The number of para-hydroxylation sites is 6. The Hall–Kier alpha value is -5.48. The van der Waals surface area contributed by atoms with Crippen molar-refractivity contribution in [1.82, 2.24) is 0 Å². The summed E-state index contributed by atoms with van der Waals surface area (Å²) < 4.78 is 12.6. The van der Waals surface area contributed by atoms with Crippen molar-refractivity contribution in [3.05, 3.63) is 145 Å². The topological polar surface area (TPSA) is 58.9 Å². The van der Waals surface area contributed by atoms with Gasteiger partial charge in [-0.2, -0.15) is 0 Å². The van der Waals surface area contributed by atoms with Crippen molar-refractivity contribution < 1.29 is 19.7 Å². The fourth-order valence-electron chi connectivity index (χ4n) is 5.61. The van der Waals surface area contributed by atoms with Gasteiger partial charge >= 0.3 is 0 Å². The Labute approximate surface area is 238 Å². The van der Waals surface area contributed by atoms with Crippen molar-refractivity contribution in [1.29, 1.82) is 0 Å². The van der Waals surface area contributed by atoms with Crippen molar-refractivity contribution in [2.75, 3.05) is 0 Å². The molecular formula is C37H26O4. The average Bonchev–Trinajstić information content (AvgIpc) is 3.39. The van der Waals surface area contributed by atoms with E-state index in [1.807, 2.05) is 54.6 Å². The SMILES string of the molecule is Oc1ccccc1Oc1ccccc1-c1ccc2c(c1-c1ccccc1Oc1ccccc1O)Cc1ccccc1-2. The summed E-state index contributed by atoms with van der Waals surface area (Å²) >= 11 is 0. The van der Waals surface area contributed by atoms with E-state index in [0.29, 0.717) is 23.0 Å². The van der Waals surface area contributed by atoms with Crippen LogP contribution in [0.1, 0.15) is 11.1 Å².